The fourth-order valence-corrected chi connectivity index (χ4v) is 3.30. The fraction of sp³-hybridized carbons (Fsp3) is 0.200. The van der Waals surface area contributed by atoms with Gasteiger partial charge in [-0.25, -0.2) is 19.9 Å². The molecule has 0 saturated heterocycles. The smallest absolute Gasteiger partial charge is 0.134 e. The molecule has 1 aliphatic carbocycles. The van der Waals surface area contributed by atoms with Crippen LogP contribution in [0.1, 0.15) is 24.6 Å². The number of aromatic nitrogens is 4. The molecule has 0 aliphatic heterocycles. The summed E-state index contributed by atoms with van der Waals surface area (Å²) in [6, 6.07) is 9.73. The lowest BCUT2D eigenvalue weighted by Crippen LogP contribution is -1.95. The Morgan fingerprint density at radius 1 is 1.10 bits per heavy atom. The Bertz CT molecular complexity index is 814. The quantitative estimate of drug-likeness (QED) is 0.681. The summed E-state index contributed by atoms with van der Waals surface area (Å²) in [5.74, 6) is 1.33. The summed E-state index contributed by atoms with van der Waals surface area (Å²) in [7, 11) is 0. The third-order valence-electron chi connectivity index (χ3n) is 3.34. The third kappa shape index (κ3) is 2.71. The Morgan fingerprint density at radius 3 is 2.81 bits per heavy atom. The van der Waals surface area contributed by atoms with E-state index >= 15 is 0 Å². The van der Waals surface area contributed by atoms with Gasteiger partial charge >= 0.3 is 0 Å². The minimum atomic E-state index is 0.477. The van der Waals surface area contributed by atoms with Gasteiger partial charge in [0.15, 0.2) is 0 Å². The molecule has 21 heavy (non-hydrogen) atoms. The van der Waals surface area contributed by atoms with Crippen molar-refractivity contribution in [2.75, 3.05) is 0 Å². The molecule has 3 aromatic rings. The average molecular weight is 315 g/mol. The van der Waals surface area contributed by atoms with Crippen LogP contribution in [-0.2, 0) is 0 Å². The summed E-state index contributed by atoms with van der Waals surface area (Å²) < 4.78 is 0. The molecule has 2 heterocycles. The van der Waals surface area contributed by atoms with Crippen molar-refractivity contribution >= 4 is 34.3 Å². The fourth-order valence-electron chi connectivity index (χ4n) is 2.15. The van der Waals surface area contributed by atoms with Crippen molar-refractivity contribution in [3.63, 3.8) is 0 Å². The molecule has 104 valence electrons. The summed E-state index contributed by atoms with van der Waals surface area (Å²) in [6.45, 7) is 0. The van der Waals surface area contributed by atoms with Crippen LogP contribution in [0.15, 0.2) is 46.7 Å². The normalized spacial score (nSPS) is 14.5. The highest BCUT2D eigenvalue weighted by atomic mass is 35.5. The minimum Gasteiger partial charge on any atom is -0.236 e. The van der Waals surface area contributed by atoms with Gasteiger partial charge in [-0.1, -0.05) is 29.8 Å². The van der Waals surface area contributed by atoms with Gasteiger partial charge in [-0.05, 0) is 30.7 Å². The molecular weight excluding hydrogens is 304 g/mol. The first-order chi connectivity index (χ1) is 10.3. The van der Waals surface area contributed by atoms with Crippen LogP contribution in [-0.4, -0.2) is 19.9 Å². The Balaban J connectivity index is 1.74. The standard InChI is InChI=1S/C15H11ClN4S/c16-12-7-13(20-14(19-12)9-5-6-9)21-15-10-3-1-2-4-11(10)17-8-18-15/h1-4,7-9H,5-6H2. The lowest BCUT2D eigenvalue weighted by Gasteiger charge is -2.06. The second-order valence-electron chi connectivity index (χ2n) is 4.96. The highest BCUT2D eigenvalue weighted by Crippen LogP contribution is 2.40. The van der Waals surface area contributed by atoms with Crippen LogP contribution in [0, 0.1) is 0 Å². The molecule has 0 atom stereocenters. The van der Waals surface area contributed by atoms with Crippen molar-refractivity contribution in [2.45, 2.75) is 28.8 Å². The average Bonchev–Trinajstić information content (AvgIpc) is 3.32. The molecule has 4 rings (SSSR count). The van der Waals surface area contributed by atoms with E-state index in [0.717, 1.165) is 39.6 Å². The molecule has 1 aromatic carbocycles. The number of hydrogen-bond acceptors (Lipinski definition) is 5. The van der Waals surface area contributed by atoms with Crippen molar-refractivity contribution in [3.05, 3.63) is 47.6 Å². The first kappa shape index (κ1) is 13.0. The second kappa shape index (κ2) is 5.24. The van der Waals surface area contributed by atoms with Gasteiger partial charge in [0.2, 0.25) is 0 Å². The number of nitrogens with zero attached hydrogens (tertiary/aromatic N) is 4. The summed E-state index contributed by atoms with van der Waals surface area (Å²) in [5, 5.41) is 3.23. The van der Waals surface area contributed by atoms with E-state index in [1.165, 1.54) is 11.8 Å². The molecule has 0 bridgehead atoms. The number of fused-ring (bicyclic) bond motifs is 1. The highest BCUT2D eigenvalue weighted by molar-refractivity contribution is 7.99. The molecule has 4 nitrogen and oxygen atoms in total. The molecule has 0 radical (unpaired) electrons. The van der Waals surface area contributed by atoms with E-state index < -0.39 is 0 Å². The van der Waals surface area contributed by atoms with E-state index in [-0.39, 0.29) is 0 Å². The van der Waals surface area contributed by atoms with Crippen molar-refractivity contribution in [2.24, 2.45) is 0 Å². The topological polar surface area (TPSA) is 51.6 Å². The number of rotatable bonds is 3. The van der Waals surface area contributed by atoms with E-state index in [1.54, 1.807) is 12.4 Å². The zero-order valence-corrected chi connectivity index (χ0v) is 12.6. The lowest BCUT2D eigenvalue weighted by atomic mass is 10.2. The van der Waals surface area contributed by atoms with Crippen LogP contribution in [0.25, 0.3) is 10.9 Å². The van der Waals surface area contributed by atoms with Crippen LogP contribution >= 0.6 is 23.4 Å². The zero-order valence-electron chi connectivity index (χ0n) is 11.0. The van der Waals surface area contributed by atoms with Crippen LogP contribution in [0.5, 0.6) is 0 Å². The van der Waals surface area contributed by atoms with E-state index in [0.29, 0.717) is 11.1 Å². The molecule has 6 heteroatoms. The van der Waals surface area contributed by atoms with Crippen LogP contribution in [0.4, 0.5) is 0 Å². The maximum Gasteiger partial charge on any atom is 0.134 e. The molecule has 1 aliphatic rings. The molecule has 2 aromatic heterocycles. The minimum absolute atomic E-state index is 0.477. The van der Waals surface area contributed by atoms with Crippen molar-refractivity contribution < 1.29 is 0 Å². The van der Waals surface area contributed by atoms with Crippen LogP contribution < -0.4 is 0 Å². The molecule has 0 N–H and O–H groups in total. The van der Waals surface area contributed by atoms with Gasteiger partial charge in [0.1, 0.15) is 27.4 Å². The van der Waals surface area contributed by atoms with Gasteiger partial charge in [0, 0.05) is 17.4 Å². The van der Waals surface area contributed by atoms with Crippen LogP contribution in [0.2, 0.25) is 5.15 Å². The van der Waals surface area contributed by atoms with Crippen LogP contribution in [0.3, 0.4) is 0 Å². The first-order valence-electron chi connectivity index (χ1n) is 6.72. The number of benzene rings is 1. The Kier molecular flexibility index (Phi) is 3.24. The summed E-state index contributed by atoms with van der Waals surface area (Å²) in [6.07, 6.45) is 3.89. The van der Waals surface area contributed by atoms with E-state index in [4.69, 9.17) is 11.6 Å². The highest BCUT2D eigenvalue weighted by Gasteiger charge is 2.27. The number of hydrogen-bond donors (Lipinski definition) is 0. The lowest BCUT2D eigenvalue weighted by molar-refractivity contribution is 0.877. The predicted molar refractivity (Wildman–Crippen MR) is 82.7 cm³/mol. The first-order valence-corrected chi connectivity index (χ1v) is 7.91. The Morgan fingerprint density at radius 2 is 1.95 bits per heavy atom. The Hall–Kier alpha value is -1.72. The summed E-state index contributed by atoms with van der Waals surface area (Å²) in [4.78, 5) is 17.6. The van der Waals surface area contributed by atoms with E-state index in [2.05, 4.69) is 19.9 Å². The predicted octanol–water partition coefficient (Wildman–Crippen LogP) is 4.10. The molecule has 0 spiro atoms. The van der Waals surface area contributed by atoms with Gasteiger partial charge in [-0.2, -0.15) is 0 Å². The van der Waals surface area contributed by atoms with Crippen molar-refractivity contribution in [1.82, 2.24) is 19.9 Å². The summed E-state index contributed by atoms with van der Waals surface area (Å²) >= 11 is 7.61. The molecule has 1 saturated carbocycles. The van der Waals surface area contributed by atoms with E-state index in [9.17, 15) is 0 Å². The molecule has 1 fully saturated rings. The molecular formula is C15H11ClN4S. The summed E-state index contributed by atoms with van der Waals surface area (Å²) in [5.41, 5.74) is 0.928. The number of para-hydroxylation sites is 1. The Labute approximate surface area is 131 Å². The van der Waals surface area contributed by atoms with Crippen molar-refractivity contribution in [3.8, 4) is 0 Å². The maximum absolute atomic E-state index is 6.11. The van der Waals surface area contributed by atoms with Gasteiger partial charge in [-0.3, -0.25) is 0 Å². The van der Waals surface area contributed by atoms with E-state index in [1.807, 2.05) is 24.3 Å². The molecule has 0 amide bonds. The monoisotopic (exact) mass is 314 g/mol. The SMILES string of the molecule is Clc1cc(Sc2ncnc3ccccc23)nc(C2CC2)n1. The van der Waals surface area contributed by atoms with Gasteiger partial charge < -0.3 is 0 Å². The third-order valence-corrected chi connectivity index (χ3v) is 4.47. The van der Waals surface area contributed by atoms with Crippen molar-refractivity contribution in [1.29, 1.82) is 0 Å². The zero-order chi connectivity index (χ0) is 14.2. The largest absolute Gasteiger partial charge is 0.236 e. The number of halogens is 1. The van der Waals surface area contributed by atoms with Gasteiger partial charge in [0.25, 0.3) is 0 Å². The van der Waals surface area contributed by atoms with Gasteiger partial charge in [0.05, 0.1) is 5.52 Å². The van der Waals surface area contributed by atoms with Gasteiger partial charge in [-0.15, -0.1) is 0 Å². The molecule has 0 unspecified atom stereocenters. The maximum atomic E-state index is 6.11. The second-order valence-corrected chi connectivity index (χ2v) is 6.36.